The Morgan fingerprint density at radius 2 is 1.80 bits per heavy atom. The van der Waals surface area contributed by atoms with Gasteiger partial charge in [-0.15, -0.1) is 0 Å². The van der Waals surface area contributed by atoms with Gasteiger partial charge in [0.2, 0.25) is 5.75 Å². The second-order valence-electron chi connectivity index (χ2n) is 8.99. The summed E-state index contributed by atoms with van der Waals surface area (Å²) < 4.78 is 16.3. The summed E-state index contributed by atoms with van der Waals surface area (Å²) in [5.41, 5.74) is 2.68. The van der Waals surface area contributed by atoms with E-state index in [0.29, 0.717) is 42.4 Å². The number of hydrogen-bond acceptors (Lipinski definition) is 6. The first-order valence-corrected chi connectivity index (χ1v) is 12.2. The fourth-order valence-corrected chi connectivity index (χ4v) is 4.54. The largest absolute Gasteiger partial charge is 0.493 e. The van der Waals surface area contributed by atoms with Crippen LogP contribution in [0.5, 0.6) is 17.2 Å². The maximum atomic E-state index is 13.7. The van der Waals surface area contributed by atoms with Gasteiger partial charge in [-0.25, -0.2) is 0 Å². The van der Waals surface area contributed by atoms with E-state index in [4.69, 9.17) is 14.2 Å². The minimum atomic E-state index is -0.253. The minimum Gasteiger partial charge on any atom is -0.493 e. The van der Waals surface area contributed by atoms with Gasteiger partial charge in [-0.1, -0.05) is 42.0 Å². The molecule has 1 fully saturated rings. The van der Waals surface area contributed by atoms with Crippen molar-refractivity contribution in [1.82, 2.24) is 9.80 Å². The zero-order valence-corrected chi connectivity index (χ0v) is 21.3. The average molecular weight is 483 g/mol. The number of carbonyl (C=O) groups is 1. The lowest BCUT2D eigenvalue weighted by atomic mass is 10.1. The normalized spacial score (nSPS) is 16.6. The predicted molar refractivity (Wildman–Crippen MR) is 138 cm³/mol. The molecule has 1 aliphatic heterocycles. The van der Waals surface area contributed by atoms with Crippen LogP contribution < -0.4 is 14.2 Å². The molecular weight excluding hydrogens is 444 g/mol. The van der Waals surface area contributed by atoms with Gasteiger partial charge in [-0.3, -0.25) is 4.79 Å². The van der Waals surface area contributed by atoms with Crippen molar-refractivity contribution in [2.24, 2.45) is 0 Å². The summed E-state index contributed by atoms with van der Waals surface area (Å²) in [5.74, 6) is 1.27. The Morgan fingerprint density at radius 1 is 1.11 bits per heavy atom. The SMILES string of the molecule is COc1cc(C(=O)N(CCCN2CCCC(O)C2)CC(C)=Cc2ccccc2)cc(OC)c1OC. The van der Waals surface area contributed by atoms with Gasteiger partial charge in [-0.2, -0.15) is 0 Å². The summed E-state index contributed by atoms with van der Waals surface area (Å²) in [5, 5.41) is 9.98. The zero-order chi connectivity index (χ0) is 25.2. The molecular formula is C28H38N2O5. The minimum absolute atomic E-state index is 0.0938. The van der Waals surface area contributed by atoms with Gasteiger partial charge < -0.3 is 29.1 Å². The number of nitrogens with zero attached hydrogens (tertiary/aromatic N) is 2. The standard InChI is InChI=1S/C28H38N2O5/c1-21(16-22-10-6-5-7-11-22)19-30(15-9-14-29-13-8-12-24(31)20-29)28(32)23-17-25(33-2)27(35-4)26(18-23)34-3/h5-7,10-11,16-18,24,31H,8-9,12-15,19-20H2,1-4H3. The van der Waals surface area contributed by atoms with Crippen molar-refractivity contribution in [3.8, 4) is 17.2 Å². The molecule has 7 nitrogen and oxygen atoms in total. The molecule has 7 heteroatoms. The zero-order valence-electron chi connectivity index (χ0n) is 21.3. The molecule has 190 valence electrons. The summed E-state index contributed by atoms with van der Waals surface area (Å²) >= 11 is 0. The quantitative estimate of drug-likeness (QED) is 0.520. The lowest BCUT2D eigenvalue weighted by Gasteiger charge is -2.31. The van der Waals surface area contributed by atoms with Crippen molar-refractivity contribution >= 4 is 12.0 Å². The number of carbonyl (C=O) groups excluding carboxylic acids is 1. The first-order chi connectivity index (χ1) is 16.9. The summed E-state index contributed by atoms with van der Waals surface area (Å²) in [6, 6.07) is 13.5. The molecule has 0 bridgehead atoms. The van der Waals surface area contributed by atoms with Crippen molar-refractivity contribution in [3.63, 3.8) is 0 Å². The van der Waals surface area contributed by atoms with Gasteiger partial charge in [0.15, 0.2) is 11.5 Å². The van der Waals surface area contributed by atoms with E-state index in [1.807, 2.05) is 30.0 Å². The Balaban J connectivity index is 1.80. The number of likely N-dealkylation sites (tertiary alicyclic amines) is 1. The number of methoxy groups -OCH3 is 3. The molecule has 0 spiro atoms. The fourth-order valence-electron chi connectivity index (χ4n) is 4.54. The molecule has 1 saturated heterocycles. The number of piperidine rings is 1. The number of β-amino-alcohol motifs (C(OH)–C–C–N with tert-alkyl or cyclic N) is 1. The van der Waals surface area contributed by atoms with E-state index >= 15 is 0 Å². The topological polar surface area (TPSA) is 71.5 Å². The highest BCUT2D eigenvalue weighted by Gasteiger charge is 2.22. The number of aliphatic hydroxyl groups is 1. The van der Waals surface area contributed by atoms with Crippen LogP contribution in [-0.4, -0.2) is 81.0 Å². The summed E-state index contributed by atoms with van der Waals surface area (Å²) in [6.07, 6.45) is 4.55. The Labute approximate surface area is 208 Å². The third-order valence-electron chi connectivity index (χ3n) is 6.23. The highest BCUT2D eigenvalue weighted by Crippen LogP contribution is 2.38. The second-order valence-corrected chi connectivity index (χ2v) is 8.99. The number of aliphatic hydroxyl groups excluding tert-OH is 1. The van der Waals surface area contributed by atoms with E-state index in [-0.39, 0.29) is 12.0 Å². The van der Waals surface area contributed by atoms with Crippen molar-refractivity contribution < 1.29 is 24.1 Å². The predicted octanol–water partition coefficient (Wildman–Crippen LogP) is 4.10. The molecule has 1 atom stereocenters. The average Bonchev–Trinajstić information content (AvgIpc) is 2.87. The van der Waals surface area contributed by atoms with Crippen molar-refractivity contribution in [3.05, 3.63) is 59.2 Å². The van der Waals surface area contributed by atoms with Gasteiger partial charge in [0.25, 0.3) is 5.91 Å². The van der Waals surface area contributed by atoms with E-state index in [9.17, 15) is 9.90 Å². The van der Waals surface area contributed by atoms with Crippen LogP contribution >= 0.6 is 0 Å². The summed E-state index contributed by atoms with van der Waals surface area (Å²) in [6.45, 7) is 5.69. The van der Waals surface area contributed by atoms with Crippen LogP contribution in [0.25, 0.3) is 6.08 Å². The Morgan fingerprint density at radius 3 is 2.40 bits per heavy atom. The lowest BCUT2D eigenvalue weighted by molar-refractivity contribution is 0.0646. The van der Waals surface area contributed by atoms with Gasteiger partial charge >= 0.3 is 0 Å². The molecule has 1 heterocycles. The number of rotatable bonds is 11. The molecule has 1 aliphatic rings. The molecule has 2 aromatic carbocycles. The molecule has 2 aromatic rings. The van der Waals surface area contributed by atoms with E-state index in [1.165, 1.54) is 0 Å². The Bertz CT molecular complexity index is 967. The van der Waals surface area contributed by atoms with E-state index in [2.05, 4.69) is 23.1 Å². The number of ether oxygens (including phenoxy) is 3. The van der Waals surface area contributed by atoms with Gasteiger partial charge in [-0.05, 0) is 57.0 Å². The van der Waals surface area contributed by atoms with E-state index in [0.717, 1.165) is 43.5 Å². The monoisotopic (exact) mass is 482 g/mol. The smallest absolute Gasteiger partial charge is 0.254 e. The van der Waals surface area contributed by atoms with Gasteiger partial charge in [0.05, 0.1) is 27.4 Å². The Kier molecular flexibility index (Phi) is 9.99. The van der Waals surface area contributed by atoms with Crippen LogP contribution in [0.1, 0.15) is 42.1 Å². The fraction of sp³-hybridized carbons (Fsp3) is 0.464. The molecule has 1 N–H and O–H groups in total. The summed E-state index contributed by atoms with van der Waals surface area (Å²) in [4.78, 5) is 17.8. The molecule has 1 unspecified atom stereocenters. The van der Waals surface area contributed by atoms with Crippen LogP contribution in [0.3, 0.4) is 0 Å². The van der Waals surface area contributed by atoms with Crippen molar-refractivity contribution in [2.45, 2.75) is 32.3 Å². The summed E-state index contributed by atoms with van der Waals surface area (Å²) in [7, 11) is 4.63. The maximum Gasteiger partial charge on any atom is 0.254 e. The first-order valence-electron chi connectivity index (χ1n) is 12.2. The molecule has 0 aromatic heterocycles. The second kappa shape index (κ2) is 13.2. The maximum absolute atomic E-state index is 13.7. The molecule has 0 saturated carbocycles. The molecule has 0 aliphatic carbocycles. The lowest BCUT2D eigenvalue weighted by Crippen LogP contribution is -2.40. The molecule has 35 heavy (non-hydrogen) atoms. The molecule has 3 rings (SSSR count). The number of hydrogen-bond donors (Lipinski definition) is 1. The first kappa shape index (κ1) is 26.6. The van der Waals surface area contributed by atoms with Crippen LogP contribution in [0.15, 0.2) is 48.0 Å². The molecule has 1 amide bonds. The van der Waals surface area contributed by atoms with Crippen LogP contribution in [0.2, 0.25) is 0 Å². The molecule has 0 radical (unpaired) electrons. The van der Waals surface area contributed by atoms with Crippen LogP contribution in [-0.2, 0) is 0 Å². The Hall–Kier alpha value is -3.03. The number of amides is 1. The van der Waals surface area contributed by atoms with Gasteiger partial charge in [0.1, 0.15) is 0 Å². The highest BCUT2D eigenvalue weighted by molar-refractivity contribution is 5.96. The third-order valence-corrected chi connectivity index (χ3v) is 6.23. The number of benzene rings is 2. The van der Waals surface area contributed by atoms with Gasteiger partial charge in [0, 0.05) is 25.2 Å². The van der Waals surface area contributed by atoms with Crippen LogP contribution in [0, 0.1) is 0 Å². The van der Waals surface area contributed by atoms with Crippen molar-refractivity contribution in [1.29, 1.82) is 0 Å². The van der Waals surface area contributed by atoms with Crippen LogP contribution in [0.4, 0.5) is 0 Å². The highest BCUT2D eigenvalue weighted by atomic mass is 16.5. The third kappa shape index (κ3) is 7.47. The van der Waals surface area contributed by atoms with E-state index < -0.39 is 0 Å². The van der Waals surface area contributed by atoms with E-state index in [1.54, 1.807) is 33.5 Å². The van der Waals surface area contributed by atoms with Crippen molar-refractivity contribution in [2.75, 3.05) is 54.1 Å².